The number of hydrogen-bond donors (Lipinski definition) is 1. The highest BCUT2D eigenvalue weighted by molar-refractivity contribution is 6.51. The van der Waals surface area contributed by atoms with Crippen LogP contribution in [-0.2, 0) is 9.59 Å². The molecule has 1 N–H and O–H groups in total. The van der Waals surface area contributed by atoms with E-state index in [0.717, 1.165) is 5.56 Å². The maximum absolute atomic E-state index is 13.1. The summed E-state index contributed by atoms with van der Waals surface area (Å²) >= 11 is 0. The topological polar surface area (TPSA) is 76.1 Å². The minimum Gasteiger partial charge on any atom is -0.507 e. The molecular weight excluding hydrogens is 406 g/mol. The van der Waals surface area contributed by atoms with Crippen LogP contribution in [0.15, 0.2) is 78.4 Å². The second kappa shape index (κ2) is 8.59. The molecule has 1 fully saturated rings. The molecule has 6 nitrogen and oxygen atoms in total. The zero-order chi connectivity index (χ0) is 22.8. The van der Waals surface area contributed by atoms with Gasteiger partial charge in [0.2, 0.25) is 0 Å². The van der Waals surface area contributed by atoms with E-state index in [-0.39, 0.29) is 11.3 Å². The first-order valence-corrected chi connectivity index (χ1v) is 10.1. The lowest BCUT2D eigenvalue weighted by atomic mass is 9.95. The van der Waals surface area contributed by atoms with Crippen LogP contribution in [0.2, 0.25) is 0 Å². The molecule has 3 aromatic rings. The van der Waals surface area contributed by atoms with Crippen LogP contribution in [-0.4, -0.2) is 31.0 Å². The van der Waals surface area contributed by atoms with E-state index >= 15 is 0 Å². The van der Waals surface area contributed by atoms with Crippen LogP contribution in [0.1, 0.15) is 22.7 Å². The Labute approximate surface area is 186 Å². The first-order chi connectivity index (χ1) is 15.4. The van der Waals surface area contributed by atoms with Crippen LogP contribution < -0.4 is 14.4 Å². The molecule has 0 bridgehead atoms. The third kappa shape index (κ3) is 3.71. The van der Waals surface area contributed by atoms with Gasteiger partial charge in [0.15, 0.2) is 0 Å². The Morgan fingerprint density at radius 2 is 1.34 bits per heavy atom. The number of anilines is 1. The number of amides is 1. The third-order valence-corrected chi connectivity index (χ3v) is 5.55. The molecule has 0 aliphatic carbocycles. The number of rotatable bonds is 5. The molecule has 162 valence electrons. The van der Waals surface area contributed by atoms with Gasteiger partial charge in [-0.25, -0.2) is 0 Å². The number of carbonyl (C=O) groups is 2. The van der Waals surface area contributed by atoms with E-state index < -0.39 is 17.7 Å². The molecule has 32 heavy (non-hydrogen) atoms. The van der Waals surface area contributed by atoms with Gasteiger partial charge in [-0.15, -0.1) is 0 Å². The van der Waals surface area contributed by atoms with Crippen molar-refractivity contribution in [3.8, 4) is 11.5 Å². The highest BCUT2D eigenvalue weighted by atomic mass is 16.5. The predicted molar refractivity (Wildman–Crippen MR) is 122 cm³/mol. The van der Waals surface area contributed by atoms with Gasteiger partial charge in [0.25, 0.3) is 11.7 Å². The Bertz CT molecular complexity index is 1180. The van der Waals surface area contributed by atoms with Crippen LogP contribution in [0.4, 0.5) is 5.69 Å². The normalized spacial score (nSPS) is 17.5. The monoisotopic (exact) mass is 429 g/mol. The average Bonchev–Trinajstić information content (AvgIpc) is 3.09. The molecule has 0 saturated carbocycles. The molecule has 4 rings (SSSR count). The summed E-state index contributed by atoms with van der Waals surface area (Å²) in [7, 11) is 3.12. The highest BCUT2D eigenvalue weighted by Crippen LogP contribution is 2.42. The lowest BCUT2D eigenvalue weighted by Crippen LogP contribution is -2.29. The first kappa shape index (κ1) is 21.2. The van der Waals surface area contributed by atoms with E-state index in [2.05, 4.69) is 0 Å². The van der Waals surface area contributed by atoms with Gasteiger partial charge >= 0.3 is 0 Å². The molecule has 6 heteroatoms. The van der Waals surface area contributed by atoms with Crippen molar-refractivity contribution < 1.29 is 24.2 Å². The van der Waals surface area contributed by atoms with E-state index in [0.29, 0.717) is 28.3 Å². The number of aliphatic hydroxyl groups is 1. The molecule has 0 unspecified atom stereocenters. The van der Waals surface area contributed by atoms with Gasteiger partial charge in [-0.1, -0.05) is 42.0 Å². The van der Waals surface area contributed by atoms with Crippen molar-refractivity contribution in [2.24, 2.45) is 0 Å². The van der Waals surface area contributed by atoms with Crippen molar-refractivity contribution in [2.75, 3.05) is 19.1 Å². The number of carbonyl (C=O) groups excluding carboxylic acids is 2. The third-order valence-electron chi connectivity index (χ3n) is 5.55. The molecule has 0 aromatic heterocycles. The molecule has 1 aliphatic heterocycles. The first-order valence-electron chi connectivity index (χ1n) is 10.1. The summed E-state index contributed by atoms with van der Waals surface area (Å²) in [6.07, 6.45) is 0. The van der Waals surface area contributed by atoms with Crippen molar-refractivity contribution in [1.82, 2.24) is 0 Å². The zero-order valence-electron chi connectivity index (χ0n) is 18.0. The Balaban J connectivity index is 1.90. The van der Waals surface area contributed by atoms with Crippen LogP contribution in [0.3, 0.4) is 0 Å². The number of benzene rings is 3. The number of Topliss-reactive ketones (excluding diaryl/α,β-unsaturated/α-hetero) is 1. The van der Waals surface area contributed by atoms with Crippen molar-refractivity contribution in [3.63, 3.8) is 0 Å². The smallest absolute Gasteiger partial charge is 0.300 e. The molecule has 0 spiro atoms. The van der Waals surface area contributed by atoms with Gasteiger partial charge in [-0.2, -0.15) is 0 Å². The van der Waals surface area contributed by atoms with Crippen LogP contribution in [0, 0.1) is 6.92 Å². The van der Waals surface area contributed by atoms with Crippen molar-refractivity contribution in [3.05, 3.63) is 95.1 Å². The number of hydrogen-bond acceptors (Lipinski definition) is 5. The summed E-state index contributed by atoms with van der Waals surface area (Å²) in [6.45, 7) is 1.93. The summed E-state index contributed by atoms with van der Waals surface area (Å²) < 4.78 is 10.5. The Morgan fingerprint density at radius 3 is 1.88 bits per heavy atom. The lowest BCUT2D eigenvalue weighted by Gasteiger charge is -2.25. The summed E-state index contributed by atoms with van der Waals surface area (Å²) in [6, 6.07) is 20.3. The second-order valence-electron chi connectivity index (χ2n) is 7.51. The lowest BCUT2D eigenvalue weighted by molar-refractivity contribution is -0.132. The minimum atomic E-state index is -0.796. The number of ketones is 1. The SMILES string of the molecule is COc1ccc([C@@H]2C(=C(O)c3ccc(C)cc3)C(=O)C(=O)N2c2ccc(OC)cc2)cc1. The second-order valence-corrected chi connectivity index (χ2v) is 7.51. The summed E-state index contributed by atoms with van der Waals surface area (Å²) in [5.41, 5.74) is 2.74. The van der Waals surface area contributed by atoms with E-state index in [1.54, 1.807) is 74.9 Å². The Hall–Kier alpha value is -4.06. The predicted octanol–water partition coefficient (Wildman–Crippen LogP) is 4.64. The molecular formula is C26H23NO5. The highest BCUT2D eigenvalue weighted by Gasteiger charge is 2.46. The molecule has 1 heterocycles. The molecule has 1 amide bonds. The van der Waals surface area contributed by atoms with Crippen LogP contribution in [0.25, 0.3) is 5.76 Å². The molecule has 1 atom stereocenters. The van der Waals surface area contributed by atoms with E-state index in [9.17, 15) is 14.7 Å². The van der Waals surface area contributed by atoms with Crippen LogP contribution >= 0.6 is 0 Å². The fourth-order valence-electron chi connectivity index (χ4n) is 3.81. The average molecular weight is 429 g/mol. The van der Waals surface area contributed by atoms with Gasteiger partial charge in [0, 0.05) is 11.3 Å². The molecule has 1 aliphatic rings. The Morgan fingerprint density at radius 1 is 0.812 bits per heavy atom. The maximum atomic E-state index is 13.1. The fourth-order valence-corrected chi connectivity index (χ4v) is 3.81. The molecule has 1 saturated heterocycles. The van der Waals surface area contributed by atoms with E-state index in [1.165, 1.54) is 4.90 Å². The number of aliphatic hydroxyl groups excluding tert-OH is 1. The number of aryl methyl sites for hydroxylation is 1. The van der Waals surface area contributed by atoms with Crippen LogP contribution in [0.5, 0.6) is 11.5 Å². The van der Waals surface area contributed by atoms with Gasteiger partial charge in [-0.05, 0) is 48.9 Å². The quantitative estimate of drug-likeness (QED) is 0.363. The van der Waals surface area contributed by atoms with Gasteiger partial charge < -0.3 is 14.6 Å². The van der Waals surface area contributed by atoms with Gasteiger partial charge in [0.05, 0.1) is 25.8 Å². The molecule has 3 aromatic carbocycles. The number of methoxy groups -OCH3 is 2. The van der Waals surface area contributed by atoms with E-state index in [1.807, 2.05) is 19.1 Å². The Kier molecular flexibility index (Phi) is 5.69. The largest absolute Gasteiger partial charge is 0.507 e. The van der Waals surface area contributed by atoms with Crippen molar-refractivity contribution in [1.29, 1.82) is 0 Å². The van der Waals surface area contributed by atoms with Gasteiger partial charge in [-0.3, -0.25) is 14.5 Å². The summed E-state index contributed by atoms with van der Waals surface area (Å²) in [5.74, 6) is -0.371. The maximum Gasteiger partial charge on any atom is 0.300 e. The fraction of sp³-hybridized carbons (Fsp3) is 0.154. The number of nitrogens with zero attached hydrogens (tertiary/aromatic N) is 1. The summed E-state index contributed by atoms with van der Waals surface area (Å²) in [4.78, 5) is 27.7. The standard InChI is InChI=1S/C26H23NO5/c1-16-4-6-18(7-5-16)24(28)22-23(17-8-12-20(31-2)13-9-17)27(26(30)25(22)29)19-10-14-21(32-3)15-11-19/h4-15,23,28H,1-3H3/t23-/m1/s1. The molecule has 0 radical (unpaired) electrons. The number of ether oxygens (including phenoxy) is 2. The van der Waals surface area contributed by atoms with Gasteiger partial charge in [0.1, 0.15) is 17.3 Å². The summed E-state index contributed by atoms with van der Waals surface area (Å²) in [5, 5.41) is 11.1. The van der Waals surface area contributed by atoms with E-state index in [4.69, 9.17) is 9.47 Å². The minimum absolute atomic E-state index is 0.0415. The zero-order valence-corrected chi connectivity index (χ0v) is 18.0. The van der Waals surface area contributed by atoms with Crippen molar-refractivity contribution >= 4 is 23.1 Å². The van der Waals surface area contributed by atoms with Crippen molar-refractivity contribution in [2.45, 2.75) is 13.0 Å².